The SMILES string of the molecule is Cl.Cn1ccnc1CN1CCC(C(=O)Nc2ccccc2N)CC1. The highest BCUT2D eigenvalue weighted by molar-refractivity contribution is 5.95. The zero-order valence-corrected chi connectivity index (χ0v) is 14.6. The van der Waals surface area contributed by atoms with Crippen LogP contribution < -0.4 is 11.1 Å². The fourth-order valence-electron chi connectivity index (χ4n) is 2.95. The van der Waals surface area contributed by atoms with E-state index in [-0.39, 0.29) is 24.2 Å². The molecule has 130 valence electrons. The summed E-state index contributed by atoms with van der Waals surface area (Å²) in [6, 6.07) is 7.37. The van der Waals surface area contributed by atoms with Gasteiger partial charge in [0.1, 0.15) is 5.82 Å². The molecule has 6 nitrogen and oxygen atoms in total. The van der Waals surface area contributed by atoms with E-state index in [1.54, 1.807) is 6.07 Å². The summed E-state index contributed by atoms with van der Waals surface area (Å²) in [5.74, 6) is 1.18. The Bertz CT molecular complexity index is 679. The molecular weight excluding hydrogens is 326 g/mol. The molecular formula is C17H24ClN5O. The van der Waals surface area contributed by atoms with E-state index in [4.69, 9.17) is 5.73 Å². The topological polar surface area (TPSA) is 76.2 Å². The number of benzene rings is 1. The minimum Gasteiger partial charge on any atom is -0.397 e. The molecule has 1 aliphatic heterocycles. The molecule has 1 aliphatic rings. The number of likely N-dealkylation sites (tertiary alicyclic amines) is 1. The number of aryl methyl sites for hydroxylation is 1. The lowest BCUT2D eigenvalue weighted by Crippen LogP contribution is -2.38. The van der Waals surface area contributed by atoms with Crippen LogP contribution in [0.4, 0.5) is 11.4 Å². The third-order valence-electron chi connectivity index (χ3n) is 4.46. The van der Waals surface area contributed by atoms with Gasteiger partial charge >= 0.3 is 0 Å². The zero-order chi connectivity index (χ0) is 16.2. The highest BCUT2D eigenvalue weighted by atomic mass is 35.5. The Kier molecular flexibility index (Phi) is 6.23. The monoisotopic (exact) mass is 349 g/mol. The van der Waals surface area contributed by atoms with Crippen LogP contribution in [0.3, 0.4) is 0 Å². The van der Waals surface area contributed by atoms with Crippen molar-refractivity contribution in [2.45, 2.75) is 19.4 Å². The number of para-hydroxylation sites is 2. The quantitative estimate of drug-likeness (QED) is 0.830. The minimum atomic E-state index is 0. The Balaban J connectivity index is 0.00000208. The average molecular weight is 350 g/mol. The number of carbonyl (C=O) groups excluding carboxylic acids is 1. The number of nitrogens with zero attached hydrogens (tertiary/aromatic N) is 3. The van der Waals surface area contributed by atoms with Gasteiger partial charge in [-0.15, -0.1) is 12.4 Å². The number of aromatic nitrogens is 2. The first-order valence-corrected chi connectivity index (χ1v) is 7.97. The first kappa shape index (κ1) is 18.3. The number of nitrogen functional groups attached to an aromatic ring is 1. The number of imidazole rings is 1. The maximum Gasteiger partial charge on any atom is 0.227 e. The van der Waals surface area contributed by atoms with Gasteiger partial charge in [-0.3, -0.25) is 9.69 Å². The molecule has 1 aromatic heterocycles. The summed E-state index contributed by atoms with van der Waals surface area (Å²) in [6.45, 7) is 2.66. The summed E-state index contributed by atoms with van der Waals surface area (Å²) in [5, 5.41) is 2.95. The molecule has 1 aromatic carbocycles. The second-order valence-corrected chi connectivity index (χ2v) is 6.08. The first-order chi connectivity index (χ1) is 11.1. The molecule has 0 unspecified atom stereocenters. The molecule has 0 saturated carbocycles. The van der Waals surface area contributed by atoms with Crippen LogP contribution in [0.1, 0.15) is 18.7 Å². The van der Waals surface area contributed by atoms with Crippen LogP contribution in [-0.4, -0.2) is 33.4 Å². The lowest BCUT2D eigenvalue weighted by molar-refractivity contribution is -0.121. The molecule has 24 heavy (non-hydrogen) atoms. The third kappa shape index (κ3) is 4.27. The highest BCUT2D eigenvalue weighted by Crippen LogP contribution is 2.23. The Labute approximate surface area is 148 Å². The van der Waals surface area contributed by atoms with E-state index in [2.05, 4.69) is 15.2 Å². The van der Waals surface area contributed by atoms with Gasteiger partial charge in [-0.05, 0) is 38.1 Å². The van der Waals surface area contributed by atoms with Crippen molar-refractivity contribution in [3.8, 4) is 0 Å². The number of rotatable bonds is 4. The van der Waals surface area contributed by atoms with Crippen molar-refractivity contribution in [3.05, 3.63) is 42.5 Å². The van der Waals surface area contributed by atoms with Crippen LogP contribution >= 0.6 is 12.4 Å². The molecule has 0 aliphatic carbocycles. The molecule has 1 amide bonds. The van der Waals surface area contributed by atoms with Crippen molar-refractivity contribution >= 4 is 29.7 Å². The summed E-state index contributed by atoms with van der Waals surface area (Å²) in [6.07, 6.45) is 5.51. The number of nitrogens with one attached hydrogen (secondary N) is 1. The number of hydrogen-bond acceptors (Lipinski definition) is 4. The smallest absolute Gasteiger partial charge is 0.227 e. The number of hydrogen-bond donors (Lipinski definition) is 2. The molecule has 2 aromatic rings. The predicted octanol–water partition coefficient (Wildman–Crippen LogP) is 2.27. The molecule has 3 N–H and O–H groups in total. The maximum atomic E-state index is 12.4. The molecule has 7 heteroatoms. The number of piperidine rings is 1. The molecule has 0 atom stereocenters. The predicted molar refractivity (Wildman–Crippen MR) is 97.9 cm³/mol. The van der Waals surface area contributed by atoms with Crippen molar-refractivity contribution in [1.82, 2.24) is 14.5 Å². The van der Waals surface area contributed by atoms with Gasteiger partial charge < -0.3 is 15.6 Å². The molecule has 2 heterocycles. The van der Waals surface area contributed by atoms with Gasteiger partial charge in [-0.25, -0.2) is 4.98 Å². The van der Waals surface area contributed by atoms with Crippen molar-refractivity contribution < 1.29 is 4.79 Å². The molecule has 3 rings (SSSR count). The molecule has 1 fully saturated rings. The van der Waals surface area contributed by atoms with Gasteiger partial charge in [0.2, 0.25) is 5.91 Å². The van der Waals surface area contributed by atoms with Crippen LogP contribution in [0.25, 0.3) is 0 Å². The standard InChI is InChI=1S/C17H23N5O.ClH/c1-21-11-8-19-16(21)12-22-9-6-13(7-10-22)17(23)20-15-5-3-2-4-14(15)18;/h2-5,8,11,13H,6-7,9-10,12,18H2,1H3,(H,20,23);1H. The molecule has 0 radical (unpaired) electrons. The van der Waals surface area contributed by atoms with Crippen LogP contribution in [0.5, 0.6) is 0 Å². The van der Waals surface area contributed by atoms with Gasteiger partial charge in [0.25, 0.3) is 0 Å². The molecule has 0 spiro atoms. The van der Waals surface area contributed by atoms with Gasteiger partial charge in [-0.1, -0.05) is 12.1 Å². The average Bonchev–Trinajstić information content (AvgIpc) is 2.95. The van der Waals surface area contributed by atoms with Crippen LogP contribution in [0, 0.1) is 5.92 Å². The number of halogens is 1. The fraction of sp³-hybridized carbons (Fsp3) is 0.412. The second kappa shape index (κ2) is 8.17. The Morgan fingerprint density at radius 1 is 1.33 bits per heavy atom. The largest absolute Gasteiger partial charge is 0.397 e. The van der Waals surface area contributed by atoms with Crippen LogP contribution in [0.15, 0.2) is 36.7 Å². The lowest BCUT2D eigenvalue weighted by Gasteiger charge is -2.31. The maximum absolute atomic E-state index is 12.4. The van der Waals surface area contributed by atoms with Crippen LogP contribution in [0.2, 0.25) is 0 Å². The second-order valence-electron chi connectivity index (χ2n) is 6.08. The van der Waals surface area contributed by atoms with E-state index in [1.165, 1.54) is 0 Å². The van der Waals surface area contributed by atoms with Crippen molar-refractivity contribution in [2.75, 3.05) is 24.1 Å². The summed E-state index contributed by atoms with van der Waals surface area (Å²) in [4.78, 5) is 19.1. The number of carbonyl (C=O) groups is 1. The summed E-state index contributed by atoms with van der Waals surface area (Å²) in [5.41, 5.74) is 7.18. The number of amides is 1. The first-order valence-electron chi connectivity index (χ1n) is 7.97. The van der Waals surface area contributed by atoms with Gasteiger partial charge in [0.15, 0.2) is 0 Å². The van der Waals surface area contributed by atoms with Gasteiger partial charge in [0.05, 0.1) is 17.9 Å². The van der Waals surface area contributed by atoms with Crippen molar-refractivity contribution in [3.63, 3.8) is 0 Å². The van der Waals surface area contributed by atoms with Gasteiger partial charge in [-0.2, -0.15) is 0 Å². The van der Waals surface area contributed by atoms with Crippen molar-refractivity contribution in [2.24, 2.45) is 13.0 Å². The summed E-state index contributed by atoms with van der Waals surface area (Å²) >= 11 is 0. The summed E-state index contributed by atoms with van der Waals surface area (Å²) < 4.78 is 2.04. The molecule has 1 saturated heterocycles. The highest BCUT2D eigenvalue weighted by Gasteiger charge is 2.25. The third-order valence-corrected chi connectivity index (χ3v) is 4.46. The Morgan fingerprint density at radius 3 is 2.67 bits per heavy atom. The zero-order valence-electron chi connectivity index (χ0n) is 13.8. The van der Waals surface area contributed by atoms with E-state index < -0.39 is 0 Å². The Morgan fingerprint density at radius 2 is 2.04 bits per heavy atom. The van der Waals surface area contributed by atoms with E-state index in [1.807, 2.05) is 42.2 Å². The van der Waals surface area contributed by atoms with E-state index in [0.29, 0.717) is 11.4 Å². The minimum absolute atomic E-state index is 0. The van der Waals surface area contributed by atoms with E-state index in [0.717, 1.165) is 38.3 Å². The van der Waals surface area contributed by atoms with E-state index in [9.17, 15) is 4.79 Å². The summed E-state index contributed by atoms with van der Waals surface area (Å²) in [7, 11) is 2.01. The van der Waals surface area contributed by atoms with Gasteiger partial charge in [0, 0.05) is 25.4 Å². The number of nitrogens with two attached hydrogens (primary N) is 1. The lowest BCUT2D eigenvalue weighted by atomic mass is 9.95. The van der Waals surface area contributed by atoms with E-state index >= 15 is 0 Å². The number of anilines is 2. The van der Waals surface area contributed by atoms with Crippen LogP contribution in [-0.2, 0) is 18.4 Å². The molecule has 0 bridgehead atoms. The fourth-order valence-corrected chi connectivity index (χ4v) is 2.95. The van der Waals surface area contributed by atoms with Crippen molar-refractivity contribution in [1.29, 1.82) is 0 Å². The normalized spacial score (nSPS) is 15.7. The Hall–Kier alpha value is -2.05.